The van der Waals surface area contributed by atoms with Crippen molar-refractivity contribution in [2.45, 2.75) is 26.6 Å². The number of nitrogens with one attached hydrogen (secondary N) is 1. The van der Waals surface area contributed by atoms with Crippen LogP contribution in [0.2, 0.25) is 5.02 Å². The first kappa shape index (κ1) is 15.2. The third-order valence-electron chi connectivity index (χ3n) is 2.91. The maximum absolute atomic E-state index is 12.7. The molecule has 0 amide bonds. The van der Waals surface area contributed by atoms with E-state index in [0.717, 1.165) is 22.6 Å². The van der Waals surface area contributed by atoms with E-state index < -0.39 is 11.7 Å². The topological polar surface area (TPSA) is 12.0 Å². The van der Waals surface area contributed by atoms with Crippen molar-refractivity contribution in [3.63, 3.8) is 0 Å². The first-order valence-corrected chi connectivity index (χ1v) is 7.13. The predicted octanol–water partition coefficient (Wildman–Crippen LogP) is 5.65. The van der Waals surface area contributed by atoms with Crippen LogP contribution in [-0.2, 0) is 12.7 Å². The molecular weight excluding hydrogens is 307 g/mol. The lowest BCUT2D eigenvalue weighted by Crippen LogP contribution is -2.07. The monoisotopic (exact) mass is 319 g/mol. The number of hydrogen-bond acceptors (Lipinski definition) is 2. The summed E-state index contributed by atoms with van der Waals surface area (Å²) < 4.78 is 38.0. The van der Waals surface area contributed by atoms with Crippen molar-refractivity contribution in [3.8, 4) is 0 Å². The first-order chi connectivity index (χ1) is 9.27. The number of rotatable bonds is 3. The molecule has 2 aromatic rings. The average Bonchev–Trinajstić information content (AvgIpc) is 2.65. The number of aryl methyl sites for hydroxylation is 2. The second-order valence-electron chi connectivity index (χ2n) is 4.48. The quantitative estimate of drug-likeness (QED) is 0.771. The van der Waals surface area contributed by atoms with E-state index in [2.05, 4.69) is 5.32 Å². The second kappa shape index (κ2) is 5.66. The Balaban J connectivity index is 2.19. The normalized spacial score (nSPS) is 11.7. The van der Waals surface area contributed by atoms with E-state index in [9.17, 15) is 13.2 Å². The van der Waals surface area contributed by atoms with Gasteiger partial charge in [0.25, 0.3) is 0 Å². The van der Waals surface area contributed by atoms with Gasteiger partial charge in [-0.15, -0.1) is 11.3 Å². The van der Waals surface area contributed by atoms with E-state index in [1.165, 1.54) is 10.9 Å². The molecule has 2 rings (SSSR count). The number of alkyl halides is 3. The highest BCUT2D eigenvalue weighted by Crippen LogP contribution is 2.34. The lowest BCUT2D eigenvalue weighted by molar-refractivity contribution is -0.137. The summed E-state index contributed by atoms with van der Waals surface area (Å²) in [5, 5.41) is 3.25. The van der Waals surface area contributed by atoms with E-state index in [4.69, 9.17) is 11.6 Å². The SMILES string of the molecule is Cc1cc(CNc2cc(C(F)(F)F)ccc2Cl)c(C)s1. The molecule has 20 heavy (non-hydrogen) atoms. The molecule has 1 N–H and O–H groups in total. The highest BCUT2D eigenvalue weighted by Gasteiger charge is 2.30. The summed E-state index contributed by atoms with van der Waals surface area (Å²) in [6, 6.07) is 5.30. The number of anilines is 1. The molecule has 1 nitrogen and oxygen atoms in total. The number of halogens is 4. The number of thiophene rings is 1. The summed E-state index contributed by atoms with van der Waals surface area (Å²) in [5.41, 5.74) is 0.661. The molecular formula is C14H13ClF3NS. The molecule has 0 radical (unpaired) electrons. The maximum Gasteiger partial charge on any atom is 0.416 e. The predicted molar refractivity (Wildman–Crippen MR) is 77.6 cm³/mol. The summed E-state index contributed by atoms with van der Waals surface area (Å²) in [4.78, 5) is 2.33. The highest BCUT2D eigenvalue weighted by atomic mass is 35.5. The number of hydrogen-bond donors (Lipinski definition) is 1. The molecule has 0 bridgehead atoms. The molecule has 108 valence electrons. The van der Waals surface area contributed by atoms with Gasteiger partial charge in [0.1, 0.15) is 0 Å². The van der Waals surface area contributed by atoms with Gasteiger partial charge in [0.2, 0.25) is 0 Å². The van der Waals surface area contributed by atoms with Crippen molar-refractivity contribution in [1.29, 1.82) is 0 Å². The molecule has 0 aliphatic carbocycles. The zero-order valence-corrected chi connectivity index (χ0v) is 12.5. The Kier molecular flexibility index (Phi) is 4.30. The van der Waals surface area contributed by atoms with Gasteiger partial charge in [-0.3, -0.25) is 0 Å². The minimum Gasteiger partial charge on any atom is -0.380 e. The standard InChI is InChI=1S/C14H13ClF3NS/c1-8-5-10(9(2)20-8)7-19-13-6-11(14(16,17)18)3-4-12(13)15/h3-6,19H,7H2,1-2H3. The van der Waals surface area contributed by atoms with Gasteiger partial charge in [-0.25, -0.2) is 0 Å². The van der Waals surface area contributed by atoms with Gasteiger partial charge in [-0.05, 0) is 43.7 Å². The fourth-order valence-corrected chi connectivity index (χ4v) is 3.02. The van der Waals surface area contributed by atoms with Gasteiger partial charge in [-0.1, -0.05) is 11.6 Å². The van der Waals surface area contributed by atoms with Crippen LogP contribution in [0.5, 0.6) is 0 Å². The lowest BCUT2D eigenvalue weighted by atomic mass is 10.2. The largest absolute Gasteiger partial charge is 0.416 e. The van der Waals surface area contributed by atoms with Crippen LogP contribution in [0, 0.1) is 13.8 Å². The molecule has 1 aromatic carbocycles. The van der Waals surface area contributed by atoms with Crippen molar-refractivity contribution < 1.29 is 13.2 Å². The van der Waals surface area contributed by atoms with E-state index in [1.54, 1.807) is 11.3 Å². The Morgan fingerprint density at radius 1 is 1.20 bits per heavy atom. The third kappa shape index (κ3) is 3.46. The van der Waals surface area contributed by atoms with Gasteiger partial charge in [0.15, 0.2) is 0 Å². The smallest absolute Gasteiger partial charge is 0.380 e. The molecule has 0 saturated carbocycles. The van der Waals surface area contributed by atoms with Crippen LogP contribution in [0.4, 0.5) is 18.9 Å². The summed E-state index contributed by atoms with van der Waals surface area (Å²) in [6.07, 6.45) is -4.37. The molecule has 0 saturated heterocycles. The molecule has 1 aromatic heterocycles. The third-order valence-corrected chi connectivity index (χ3v) is 4.24. The molecule has 0 aliphatic heterocycles. The molecule has 6 heteroatoms. The van der Waals surface area contributed by atoms with Gasteiger partial charge in [0.05, 0.1) is 16.3 Å². The Bertz CT molecular complexity index is 619. The van der Waals surface area contributed by atoms with Crippen LogP contribution < -0.4 is 5.32 Å². The van der Waals surface area contributed by atoms with Crippen LogP contribution >= 0.6 is 22.9 Å². The minimum atomic E-state index is -4.37. The van der Waals surface area contributed by atoms with Crippen molar-refractivity contribution >= 4 is 28.6 Å². The van der Waals surface area contributed by atoms with E-state index in [-0.39, 0.29) is 5.02 Å². The Morgan fingerprint density at radius 3 is 2.45 bits per heavy atom. The maximum atomic E-state index is 12.7. The molecule has 1 heterocycles. The van der Waals surface area contributed by atoms with Crippen molar-refractivity contribution in [2.24, 2.45) is 0 Å². The van der Waals surface area contributed by atoms with Crippen molar-refractivity contribution in [1.82, 2.24) is 0 Å². The summed E-state index contributed by atoms with van der Waals surface area (Å²) in [6.45, 7) is 4.44. The van der Waals surface area contributed by atoms with Crippen molar-refractivity contribution in [3.05, 3.63) is 50.2 Å². The Morgan fingerprint density at radius 2 is 1.90 bits per heavy atom. The van der Waals surface area contributed by atoms with Crippen LogP contribution in [0.3, 0.4) is 0 Å². The van der Waals surface area contributed by atoms with Gasteiger partial charge < -0.3 is 5.32 Å². The fraction of sp³-hybridized carbons (Fsp3) is 0.286. The van der Waals surface area contributed by atoms with Crippen molar-refractivity contribution in [2.75, 3.05) is 5.32 Å². The van der Waals surface area contributed by atoms with Crippen LogP contribution in [0.25, 0.3) is 0 Å². The second-order valence-corrected chi connectivity index (χ2v) is 6.35. The zero-order valence-electron chi connectivity index (χ0n) is 10.9. The average molecular weight is 320 g/mol. The van der Waals surface area contributed by atoms with Gasteiger partial charge in [-0.2, -0.15) is 13.2 Å². The van der Waals surface area contributed by atoms with Gasteiger partial charge in [0, 0.05) is 16.3 Å². The molecule has 0 unspecified atom stereocenters. The lowest BCUT2D eigenvalue weighted by Gasteiger charge is -2.12. The summed E-state index contributed by atoms with van der Waals surface area (Å²) >= 11 is 7.59. The fourth-order valence-electron chi connectivity index (χ4n) is 1.89. The van der Waals surface area contributed by atoms with Crippen LogP contribution in [-0.4, -0.2) is 0 Å². The zero-order chi connectivity index (χ0) is 14.9. The molecule has 0 aliphatic rings. The Hall–Kier alpha value is -1.20. The van der Waals surface area contributed by atoms with E-state index in [1.807, 2.05) is 19.9 Å². The molecule has 0 fully saturated rings. The first-order valence-electron chi connectivity index (χ1n) is 5.94. The highest BCUT2D eigenvalue weighted by molar-refractivity contribution is 7.12. The number of benzene rings is 1. The van der Waals surface area contributed by atoms with Crippen LogP contribution in [0.1, 0.15) is 20.9 Å². The minimum absolute atomic E-state index is 0.280. The summed E-state index contributed by atoms with van der Waals surface area (Å²) in [7, 11) is 0. The molecule has 0 atom stereocenters. The van der Waals surface area contributed by atoms with Crippen LogP contribution in [0.15, 0.2) is 24.3 Å². The van der Waals surface area contributed by atoms with Gasteiger partial charge >= 0.3 is 6.18 Å². The Labute approximate surface area is 124 Å². The van der Waals surface area contributed by atoms with E-state index in [0.29, 0.717) is 12.2 Å². The summed E-state index contributed by atoms with van der Waals surface area (Å²) in [5.74, 6) is 0. The molecule has 0 spiro atoms. The van der Waals surface area contributed by atoms with E-state index >= 15 is 0 Å².